The van der Waals surface area contributed by atoms with Crippen LogP contribution in [-0.2, 0) is 4.79 Å². The highest BCUT2D eigenvalue weighted by Gasteiger charge is 2.05. The maximum atomic E-state index is 11.9. The van der Waals surface area contributed by atoms with E-state index in [0.717, 1.165) is 0 Å². The van der Waals surface area contributed by atoms with E-state index in [1.54, 1.807) is 0 Å². The highest BCUT2D eigenvalue weighted by molar-refractivity contribution is 6.39. The van der Waals surface area contributed by atoms with Gasteiger partial charge in [-0.3, -0.25) is 4.79 Å². The van der Waals surface area contributed by atoms with E-state index in [9.17, 15) is 14.0 Å². The van der Waals surface area contributed by atoms with Crippen molar-refractivity contribution >= 4 is 17.5 Å². The smallest absolute Gasteiger partial charge is 0.334 e. The van der Waals surface area contributed by atoms with E-state index in [0.29, 0.717) is 0 Å². The van der Waals surface area contributed by atoms with Crippen molar-refractivity contribution in [2.75, 3.05) is 13.7 Å². The Kier molecular flexibility index (Phi) is 4.59. The molecule has 2 N–H and O–H groups in total. The van der Waals surface area contributed by atoms with Crippen LogP contribution < -0.4 is 10.7 Å². The van der Waals surface area contributed by atoms with Gasteiger partial charge in [0.2, 0.25) is 0 Å². The highest BCUT2D eigenvalue weighted by Crippen LogP contribution is 1.81. The number of halogens is 1. The second-order valence-corrected chi connectivity index (χ2v) is 1.94. The molecule has 0 saturated carbocycles. The predicted octanol–water partition coefficient (Wildman–Crippen LogP) is -0.170. The Morgan fingerprint density at radius 1 is 1.50 bits per heavy atom. The number of hydrogen-bond acceptors (Lipinski definition) is 3. The number of carbonyl (C=O) groups excluding carboxylic acids is 2. The van der Waals surface area contributed by atoms with E-state index in [-0.39, 0.29) is 5.71 Å². The van der Waals surface area contributed by atoms with Crippen molar-refractivity contribution in [2.24, 2.45) is 5.10 Å². The van der Waals surface area contributed by atoms with E-state index in [4.69, 9.17) is 0 Å². The summed E-state index contributed by atoms with van der Waals surface area (Å²) in [6.45, 7) is 0.184. The lowest BCUT2D eigenvalue weighted by molar-refractivity contribution is -0.111. The third-order valence-electron chi connectivity index (χ3n) is 1.05. The Hall–Kier alpha value is -1.46. The molecule has 0 aromatic heterocycles. The number of hydrogen-bond donors (Lipinski definition) is 2. The van der Waals surface area contributed by atoms with E-state index in [2.05, 4.69) is 10.4 Å². The predicted molar refractivity (Wildman–Crippen MR) is 41.7 cm³/mol. The fourth-order valence-electron chi connectivity index (χ4n) is 0.377. The zero-order valence-corrected chi connectivity index (χ0v) is 6.85. The fourth-order valence-corrected chi connectivity index (χ4v) is 0.377. The topological polar surface area (TPSA) is 70.6 Å². The summed E-state index contributed by atoms with van der Waals surface area (Å²) in [5.41, 5.74) is 1.63. The molecular weight excluding hydrogens is 165 g/mol. The van der Waals surface area contributed by atoms with Gasteiger partial charge in [-0.15, -0.1) is 0 Å². The molecule has 0 aromatic carbocycles. The first-order valence-corrected chi connectivity index (χ1v) is 3.23. The summed E-state index contributed by atoms with van der Waals surface area (Å²) in [5, 5.41) is 5.44. The Balaban J connectivity index is 4.12. The number of carbonyl (C=O) groups is 2. The van der Waals surface area contributed by atoms with Crippen LogP contribution >= 0.6 is 0 Å². The number of amides is 2. The number of ketones is 1. The van der Waals surface area contributed by atoms with E-state index >= 15 is 0 Å². The van der Waals surface area contributed by atoms with Gasteiger partial charge in [0, 0.05) is 14.0 Å². The number of nitrogens with one attached hydrogen (secondary N) is 2. The summed E-state index contributed by atoms with van der Waals surface area (Å²) < 4.78 is 11.9. The molecule has 2 amide bonds. The third kappa shape index (κ3) is 3.65. The maximum Gasteiger partial charge on any atom is 0.334 e. The van der Waals surface area contributed by atoms with Crippen molar-refractivity contribution in [3.05, 3.63) is 0 Å². The summed E-state index contributed by atoms with van der Waals surface area (Å²) >= 11 is 0. The molecule has 0 rings (SSSR count). The lowest BCUT2D eigenvalue weighted by Gasteiger charge is -1.98. The molecule has 0 atom stereocenters. The van der Waals surface area contributed by atoms with Crippen molar-refractivity contribution in [3.63, 3.8) is 0 Å². The van der Waals surface area contributed by atoms with Gasteiger partial charge in [0.25, 0.3) is 0 Å². The Labute approximate surface area is 69.0 Å². The zero-order chi connectivity index (χ0) is 9.56. The molecule has 68 valence electrons. The van der Waals surface area contributed by atoms with Crippen LogP contribution in [0, 0.1) is 0 Å². The normalized spacial score (nSPS) is 10.8. The number of urea groups is 1. The first-order valence-electron chi connectivity index (χ1n) is 3.23. The minimum atomic E-state index is -0.987. The summed E-state index contributed by atoms with van der Waals surface area (Å²) in [7, 11) is 1.38. The molecule has 0 saturated heterocycles. The number of hydrazone groups is 1. The van der Waals surface area contributed by atoms with Gasteiger partial charge in [0.1, 0.15) is 12.4 Å². The molecule has 6 heteroatoms. The van der Waals surface area contributed by atoms with Gasteiger partial charge in [-0.1, -0.05) is 0 Å². The van der Waals surface area contributed by atoms with Gasteiger partial charge in [-0.25, -0.2) is 14.6 Å². The van der Waals surface area contributed by atoms with E-state index < -0.39 is 18.5 Å². The fraction of sp³-hybridized carbons (Fsp3) is 0.500. The van der Waals surface area contributed by atoms with Gasteiger partial charge in [-0.05, 0) is 0 Å². The monoisotopic (exact) mass is 175 g/mol. The van der Waals surface area contributed by atoms with Gasteiger partial charge >= 0.3 is 6.03 Å². The second-order valence-electron chi connectivity index (χ2n) is 1.94. The van der Waals surface area contributed by atoms with Crippen LogP contribution in [-0.4, -0.2) is 31.2 Å². The van der Waals surface area contributed by atoms with Gasteiger partial charge in [0.15, 0.2) is 5.78 Å². The largest absolute Gasteiger partial charge is 0.340 e. The van der Waals surface area contributed by atoms with Crippen LogP contribution in [0.2, 0.25) is 0 Å². The van der Waals surface area contributed by atoms with Crippen LogP contribution in [0.15, 0.2) is 5.10 Å². The standard InChI is InChI=1S/C6H10FN3O2/c1-4(11)5(3-7)9-10-6(12)8-2/h3H2,1-2H3,(H2,8,10,12)/b9-5-. The number of alkyl halides is 1. The Bertz CT molecular complexity index is 215. The molecule has 5 nitrogen and oxygen atoms in total. The van der Waals surface area contributed by atoms with Crippen LogP contribution in [0.5, 0.6) is 0 Å². The lowest BCUT2D eigenvalue weighted by atomic mass is 10.3. The van der Waals surface area contributed by atoms with Crippen molar-refractivity contribution in [1.29, 1.82) is 0 Å². The molecule has 0 heterocycles. The number of nitrogens with zero attached hydrogens (tertiary/aromatic N) is 1. The summed E-state index contributed by atoms with van der Waals surface area (Å²) in [5.74, 6) is -0.506. The summed E-state index contributed by atoms with van der Waals surface area (Å²) in [6, 6.07) is -0.595. The zero-order valence-electron chi connectivity index (χ0n) is 6.85. The molecule has 0 unspecified atom stereocenters. The van der Waals surface area contributed by atoms with Crippen LogP contribution in [0.3, 0.4) is 0 Å². The molecule has 0 radical (unpaired) electrons. The first kappa shape index (κ1) is 10.5. The molecule has 0 fully saturated rings. The van der Waals surface area contributed by atoms with Crippen molar-refractivity contribution in [2.45, 2.75) is 6.92 Å². The van der Waals surface area contributed by atoms with Crippen LogP contribution in [0.25, 0.3) is 0 Å². The molecule has 0 spiro atoms. The minimum absolute atomic E-state index is 0.307. The second kappa shape index (κ2) is 5.22. The average Bonchev–Trinajstić information content (AvgIpc) is 2.04. The molecule has 0 aliphatic rings. The van der Waals surface area contributed by atoms with Crippen LogP contribution in [0.1, 0.15) is 6.92 Å². The average molecular weight is 175 g/mol. The third-order valence-corrected chi connectivity index (χ3v) is 1.05. The molecule has 12 heavy (non-hydrogen) atoms. The summed E-state index contributed by atoms with van der Waals surface area (Å²) in [6.07, 6.45) is 0. The Morgan fingerprint density at radius 2 is 2.08 bits per heavy atom. The lowest BCUT2D eigenvalue weighted by Crippen LogP contribution is -2.31. The van der Waals surface area contributed by atoms with Crippen molar-refractivity contribution in [3.8, 4) is 0 Å². The SMILES string of the molecule is CNC(=O)N/N=C(/CF)C(C)=O. The maximum absolute atomic E-state index is 11.9. The van der Waals surface area contributed by atoms with Gasteiger partial charge < -0.3 is 5.32 Å². The number of rotatable bonds is 3. The molecule has 0 bridgehead atoms. The van der Waals surface area contributed by atoms with Gasteiger partial charge in [0.05, 0.1) is 0 Å². The van der Waals surface area contributed by atoms with Crippen molar-refractivity contribution in [1.82, 2.24) is 10.7 Å². The minimum Gasteiger partial charge on any atom is -0.340 e. The summed E-state index contributed by atoms with van der Waals surface area (Å²) in [4.78, 5) is 21.0. The van der Waals surface area contributed by atoms with Crippen LogP contribution in [0.4, 0.5) is 9.18 Å². The Morgan fingerprint density at radius 3 is 2.42 bits per heavy atom. The molecule has 0 aliphatic carbocycles. The van der Waals surface area contributed by atoms with E-state index in [1.165, 1.54) is 14.0 Å². The van der Waals surface area contributed by atoms with Gasteiger partial charge in [-0.2, -0.15) is 5.10 Å². The molecule has 0 aliphatic heterocycles. The first-order chi connectivity index (χ1) is 5.61. The number of Topliss-reactive ketones (excluding diaryl/α,β-unsaturated/α-hetero) is 1. The highest BCUT2D eigenvalue weighted by atomic mass is 19.1. The van der Waals surface area contributed by atoms with Crippen molar-refractivity contribution < 1.29 is 14.0 Å². The van der Waals surface area contributed by atoms with E-state index in [1.807, 2.05) is 5.43 Å². The quantitative estimate of drug-likeness (QED) is 0.461. The molecular formula is C6H10FN3O2. The molecule has 0 aromatic rings.